The number of aliphatic hydroxyl groups excluding tert-OH is 1. The highest BCUT2D eigenvalue weighted by Gasteiger charge is 2.22. The summed E-state index contributed by atoms with van der Waals surface area (Å²) in [6.07, 6.45) is 0. The summed E-state index contributed by atoms with van der Waals surface area (Å²) in [7, 11) is -2.20. The lowest BCUT2D eigenvalue weighted by atomic mass is 10.8. The maximum atomic E-state index is 11.5. The van der Waals surface area contributed by atoms with Crippen molar-refractivity contribution in [1.82, 2.24) is 19.7 Å². The van der Waals surface area contributed by atoms with Crippen LogP contribution >= 0.6 is 15.9 Å². The van der Waals surface area contributed by atoms with E-state index in [1.807, 2.05) is 0 Å². The first kappa shape index (κ1) is 11.6. The third-order valence-corrected chi connectivity index (χ3v) is 3.74. The van der Waals surface area contributed by atoms with E-state index in [4.69, 9.17) is 5.11 Å². The van der Waals surface area contributed by atoms with Crippen molar-refractivity contribution >= 4 is 26.0 Å². The van der Waals surface area contributed by atoms with Gasteiger partial charge in [-0.2, -0.15) is 0 Å². The minimum atomic E-state index is -3.66. The smallest absolute Gasteiger partial charge is 0.260 e. The molecule has 0 atom stereocenters. The van der Waals surface area contributed by atoms with Crippen molar-refractivity contribution in [3.8, 4) is 0 Å². The number of hydrogen-bond acceptors (Lipinski definition) is 5. The Morgan fingerprint density at radius 1 is 1.64 bits per heavy atom. The van der Waals surface area contributed by atoms with E-state index >= 15 is 0 Å². The van der Waals surface area contributed by atoms with E-state index in [0.29, 0.717) is 0 Å². The van der Waals surface area contributed by atoms with Crippen LogP contribution < -0.4 is 4.72 Å². The molecule has 0 unspecified atom stereocenters. The molecule has 1 aromatic heterocycles. The lowest BCUT2D eigenvalue weighted by Crippen LogP contribution is -2.28. The van der Waals surface area contributed by atoms with Crippen LogP contribution in [0.4, 0.5) is 0 Å². The molecule has 0 saturated heterocycles. The van der Waals surface area contributed by atoms with Crippen LogP contribution in [0.1, 0.15) is 0 Å². The fourth-order valence-electron chi connectivity index (χ4n) is 0.856. The molecule has 2 N–H and O–H groups in total. The van der Waals surface area contributed by atoms with Crippen molar-refractivity contribution < 1.29 is 13.5 Å². The number of nitrogens with one attached hydrogen (secondary N) is 1. The normalized spacial score (nSPS) is 11.9. The molecule has 0 aliphatic rings. The third-order valence-electron chi connectivity index (χ3n) is 1.40. The molecule has 1 rings (SSSR count). The van der Waals surface area contributed by atoms with Gasteiger partial charge in [-0.15, -0.1) is 5.10 Å². The average Bonchev–Trinajstić information content (AvgIpc) is 2.43. The molecule has 14 heavy (non-hydrogen) atoms. The Hall–Kier alpha value is -0.510. The number of aliphatic hydroxyl groups is 1. The van der Waals surface area contributed by atoms with Gasteiger partial charge in [0, 0.05) is 13.6 Å². The molecule has 0 saturated carbocycles. The molecule has 1 aromatic rings. The predicted molar refractivity (Wildman–Crippen MR) is 51.0 cm³/mol. The van der Waals surface area contributed by atoms with Crippen molar-refractivity contribution in [2.75, 3.05) is 13.2 Å². The molecule has 9 heteroatoms. The zero-order valence-electron chi connectivity index (χ0n) is 7.31. The van der Waals surface area contributed by atoms with Crippen LogP contribution in [0.3, 0.4) is 0 Å². The standard InChI is InChI=1S/C5H9BrN4O3S/c1-10-5(4(6)8-9-10)14(12,13)7-2-3-11/h7,11H,2-3H2,1H3. The van der Waals surface area contributed by atoms with E-state index < -0.39 is 10.0 Å². The number of aromatic nitrogens is 3. The Morgan fingerprint density at radius 3 is 2.71 bits per heavy atom. The molecule has 0 spiro atoms. The van der Waals surface area contributed by atoms with E-state index in [2.05, 4.69) is 31.0 Å². The van der Waals surface area contributed by atoms with Crippen molar-refractivity contribution in [2.45, 2.75) is 5.03 Å². The Morgan fingerprint density at radius 2 is 2.29 bits per heavy atom. The summed E-state index contributed by atoms with van der Waals surface area (Å²) >= 11 is 2.97. The Labute approximate surface area is 89.3 Å². The van der Waals surface area contributed by atoms with Crippen LogP contribution in [0.15, 0.2) is 9.63 Å². The van der Waals surface area contributed by atoms with Gasteiger partial charge in [-0.05, 0) is 15.9 Å². The van der Waals surface area contributed by atoms with E-state index in [1.54, 1.807) is 0 Å². The molecule has 0 aromatic carbocycles. The summed E-state index contributed by atoms with van der Waals surface area (Å²) in [5.74, 6) is 0. The summed E-state index contributed by atoms with van der Waals surface area (Å²) in [6.45, 7) is -0.303. The van der Waals surface area contributed by atoms with E-state index in [9.17, 15) is 8.42 Å². The van der Waals surface area contributed by atoms with Crippen molar-refractivity contribution in [3.05, 3.63) is 4.60 Å². The summed E-state index contributed by atoms with van der Waals surface area (Å²) in [5.41, 5.74) is 0. The summed E-state index contributed by atoms with van der Waals surface area (Å²) in [5, 5.41) is 15.5. The van der Waals surface area contributed by atoms with Crippen LogP contribution in [0, 0.1) is 0 Å². The third kappa shape index (κ3) is 2.29. The van der Waals surface area contributed by atoms with Crippen LogP contribution in [-0.2, 0) is 17.1 Å². The lowest BCUT2D eigenvalue weighted by Gasteiger charge is -2.04. The second kappa shape index (κ2) is 4.34. The number of halogens is 1. The Kier molecular flexibility index (Phi) is 3.59. The quantitative estimate of drug-likeness (QED) is 0.728. The maximum absolute atomic E-state index is 11.5. The number of aryl methyl sites for hydroxylation is 1. The molecular weight excluding hydrogens is 276 g/mol. The zero-order chi connectivity index (χ0) is 10.8. The molecular formula is C5H9BrN4O3S. The Balaban J connectivity index is 3.04. The molecule has 80 valence electrons. The fraction of sp³-hybridized carbons (Fsp3) is 0.600. The van der Waals surface area contributed by atoms with E-state index in [0.717, 1.165) is 4.68 Å². The topological polar surface area (TPSA) is 97.1 Å². The minimum Gasteiger partial charge on any atom is -0.395 e. The molecule has 0 radical (unpaired) electrons. The van der Waals surface area contributed by atoms with Gasteiger partial charge in [0.05, 0.1) is 6.61 Å². The molecule has 0 bridgehead atoms. The predicted octanol–water partition coefficient (Wildman–Crippen LogP) is -1.15. The lowest BCUT2D eigenvalue weighted by molar-refractivity contribution is 0.301. The molecule has 0 fully saturated rings. The minimum absolute atomic E-state index is 0.0417. The van der Waals surface area contributed by atoms with E-state index in [1.165, 1.54) is 7.05 Å². The van der Waals surface area contributed by atoms with Gasteiger partial charge in [0.2, 0.25) is 5.03 Å². The first-order chi connectivity index (χ1) is 6.49. The van der Waals surface area contributed by atoms with Gasteiger partial charge in [-0.3, -0.25) is 0 Å². The van der Waals surface area contributed by atoms with Crippen LogP contribution in [0.2, 0.25) is 0 Å². The summed E-state index contributed by atoms with van der Waals surface area (Å²) in [4.78, 5) is 0. The second-order valence-electron chi connectivity index (χ2n) is 2.43. The van der Waals surface area contributed by atoms with Gasteiger partial charge >= 0.3 is 0 Å². The summed E-state index contributed by atoms with van der Waals surface area (Å²) < 4.78 is 26.5. The fourth-order valence-corrected chi connectivity index (χ4v) is 2.97. The molecule has 0 aliphatic carbocycles. The van der Waals surface area contributed by atoms with E-state index in [-0.39, 0.29) is 22.8 Å². The SMILES string of the molecule is Cn1nnc(Br)c1S(=O)(=O)NCCO. The monoisotopic (exact) mass is 284 g/mol. The van der Waals surface area contributed by atoms with Crippen LogP contribution in [0.25, 0.3) is 0 Å². The highest BCUT2D eigenvalue weighted by molar-refractivity contribution is 9.10. The van der Waals surface area contributed by atoms with Gasteiger partial charge in [-0.25, -0.2) is 17.8 Å². The number of sulfonamides is 1. The van der Waals surface area contributed by atoms with Gasteiger partial charge in [0.1, 0.15) is 0 Å². The van der Waals surface area contributed by atoms with Gasteiger partial charge < -0.3 is 5.11 Å². The first-order valence-corrected chi connectivity index (χ1v) is 5.92. The Bertz CT molecular complexity index is 395. The number of rotatable bonds is 4. The van der Waals surface area contributed by atoms with Crippen LogP contribution in [-0.4, -0.2) is 41.7 Å². The average molecular weight is 285 g/mol. The number of nitrogens with zero attached hydrogens (tertiary/aromatic N) is 3. The first-order valence-electron chi connectivity index (χ1n) is 3.64. The van der Waals surface area contributed by atoms with Gasteiger partial charge in [-0.1, -0.05) is 5.21 Å². The molecule has 0 amide bonds. The molecule has 0 aliphatic heterocycles. The van der Waals surface area contributed by atoms with Crippen LogP contribution in [0.5, 0.6) is 0 Å². The van der Waals surface area contributed by atoms with Crippen molar-refractivity contribution in [1.29, 1.82) is 0 Å². The summed E-state index contributed by atoms with van der Waals surface area (Å²) in [6, 6.07) is 0. The van der Waals surface area contributed by atoms with Gasteiger partial charge in [0.15, 0.2) is 4.60 Å². The zero-order valence-corrected chi connectivity index (χ0v) is 9.71. The van der Waals surface area contributed by atoms with Crippen molar-refractivity contribution in [3.63, 3.8) is 0 Å². The molecule has 7 nitrogen and oxygen atoms in total. The highest BCUT2D eigenvalue weighted by atomic mass is 79.9. The highest BCUT2D eigenvalue weighted by Crippen LogP contribution is 2.16. The second-order valence-corrected chi connectivity index (χ2v) is 4.86. The van der Waals surface area contributed by atoms with Gasteiger partial charge in [0.25, 0.3) is 10.0 Å². The number of hydrogen-bond donors (Lipinski definition) is 2. The maximum Gasteiger partial charge on any atom is 0.260 e. The van der Waals surface area contributed by atoms with Crippen molar-refractivity contribution in [2.24, 2.45) is 7.05 Å². The largest absolute Gasteiger partial charge is 0.395 e. The molecule has 1 heterocycles.